The maximum Gasteiger partial charge on any atom is 0.235 e. The summed E-state index contributed by atoms with van der Waals surface area (Å²) in [6.07, 6.45) is 0. The molecule has 0 bridgehead atoms. The summed E-state index contributed by atoms with van der Waals surface area (Å²) in [6, 6.07) is 101. The molecule has 8 nitrogen and oxygen atoms in total. The first kappa shape index (κ1) is 48.4. The third kappa shape index (κ3) is 7.14. The molecule has 0 amide bonds. The summed E-state index contributed by atoms with van der Waals surface area (Å²) in [5, 5.41) is 13.0. The molecule has 0 spiro atoms. The zero-order chi connectivity index (χ0) is 57.6. The lowest BCUT2D eigenvalue weighted by atomic mass is 9.98. The van der Waals surface area contributed by atoms with E-state index in [2.05, 4.69) is 287 Å². The van der Waals surface area contributed by atoms with Gasteiger partial charge in [0, 0.05) is 81.4 Å². The summed E-state index contributed by atoms with van der Waals surface area (Å²) < 4.78 is 13.7. The molecule has 6 aromatic heterocycles. The molecule has 0 saturated carbocycles. The van der Waals surface area contributed by atoms with E-state index in [1.165, 1.54) is 16.3 Å². The van der Waals surface area contributed by atoms with Crippen LogP contribution in [0.2, 0.25) is 0 Å². The van der Waals surface area contributed by atoms with Gasteiger partial charge in [0.2, 0.25) is 11.9 Å². The Morgan fingerprint density at radius 3 is 1.35 bits per heavy atom. The molecule has 8 heteroatoms. The molecule has 19 aromatic rings. The Kier molecular flexibility index (Phi) is 10.3. The normalized spacial score (nSPS) is 12.1. The fourth-order valence-corrected chi connectivity index (χ4v) is 14.1. The molecule has 0 unspecified atom stereocenters. The Bertz CT molecular complexity index is 6120. The van der Waals surface area contributed by atoms with Crippen molar-refractivity contribution < 1.29 is 4.42 Å². The van der Waals surface area contributed by atoms with E-state index in [1.807, 2.05) is 12.1 Å². The van der Waals surface area contributed by atoms with E-state index in [4.69, 9.17) is 24.4 Å². The Hall–Kier alpha value is -12.0. The Morgan fingerprint density at radius 1 is 0.250 bits per heavy atom. The molecular weight excluding hydrogens is 1070 g/mol. The molecule has 0 saturated heterocycles. The standard InChI is InChI=1S/C80H47N7O/c1-4-20-48(21-5-1)75-58-29-12-16-32-65(58)81-79(83-75)86-70-42-38-51(50-37-41-69-62(44-50)55-26-13-17-33-67(55)85(69)54-24-8-3-9-25-54)45-63(70)64-46-52(39-43-71(64)86)53-36-40-59-66(47-53)82-80(84-76(59)49-22-6-2-7-23-49)87-68-34-18-14-30-60(68)73-74-61-31-15-19-35-72(61)88-78(74)57-28-11-10-27-56(57)77(73)87/h1-47H. The van der Waals surface area contributed by atoms with Crippen LogP contribution in [-0.4, -0.2) is 33.6 Å². The number of benzene rings is 13. The first-order valence-corrected chi connectivity index (χ1v) is 29.8. The molecule has 6 heterocycles. The number of aromatic nitrogens is 7. The van der Waals surface area contributed by atoms with Crippen LogP contribution in [-0.2, 0) is 0 Å². The Labute approximate surface area is 502 Å². The summed E-state index contributed by atoms with van der Waals surface area (Å²) in [4.78, 5) is 22.1. The molecule has 0 atom stereocenters. The van der Waals surface area contributed by atoms with Crippen molar-refractivity contribution in [3.8, 4) is 62.4 Å². The Morgan fingerprint density at radius 2 is 0.693 bits per heavy atom. The average molecular weight is 1120 g/mol. The van der Waals surface area contributed by atoms with Crippen LogP contribution in [0.25, 0.3) is 182 Å². The molecule has 88 heavy (non-hydrogen) atoms. The van der Waals surface area contributed by atoms with Crippen LogP contribution in [0.4, 0.5) is 0 Å². The largest absolute Gasteiger partial charge is 0.455 e. The minimum absolute atomic E-state index is 0.589. The smallest absolute Gasteiger partial charge is 0.235 e. The van der Waals surface area contributed by atoms with E-state index in [9.17, 15) is 0 Å². The molecule has 0 aliphatic carbocycles. The highest BCUT2D eigenvalue weighted by atomic mass is 16.3. The highest BCUT2D eigenvalue weighted by Crippen LogP contribution is 2.47. The topological polar surface area (TPSA) is 79.5 Å². The van der Waals surface area contributed by atoms with Gasteiger partial charge in [0.15, 0.2) is 0 Å². The number of para-hydroxylation sites is 5. The van der Waals surface area contributed by atoms with Crippen molar-refractivity contribution in [2.75, 3.05) is 0 Å². The van der Waals surface area contributed by atoms with Gasteiger partial charge in [0.25, 0.3) is 0 Å². The predicted molar refractivity (Wildman–Crippen MR) is 362 cm³/mol. The molecule has 0 N–H and O–H groups in total. The molecule has 13 aromatic carbocycles. The van der Waals surface area contributed by atoms with Gasteiger partial charge in [-0.05, 0) is 107 Å². The minimum Gasteiger partial charge on any atom is -0.455 e. The molecule has 0 aliphatic rings. The van der Waals surface area contributed by atoms with Crippen molar-refractivity contribution in [3.05, 3.63) is 285 Å². The van der Waals surface area contributed by atoms with Crippen LogP contribution in [0.15, 0.2) is 290 Å². The quantitative estimate of drug-likeness (QED) is 0.159. The maximum atomic E-state index is 6.76. The van der Waals surface area contributed by atoms with Gasteiger partial charge in [-0.2, -0.15) is 0 Å². The summed E-state index contributed by atoms with van der Waals surface area (Å²) in [5.41, 5.74) is 19.1. The van der Waals surface area contributed by atoms with Crippen molar-refractivity contribution in [3.63, 3.8) is 0 Å². The number of nitrogens with zero attached hydrogens (tertiary/aromatic N) is 7. The van der Waals surface area contributed by atoms with Gasteiger partial charge >= 0.3 is 0 Å². The van der Waals surface area contributed by atoms with E-state index in [1.54, 1.807) is 0 Å². The number of rotatable bonds is 7. The van der Waals surface area contributed by atoms with Crippen LogP contribution in [0.3, 0.4) is 0 Å². The first-order valence-electron chi connectivity index (χ1n) is 29.8. The second kappa shape index (κ2) is 18.7. The third-order valence-corrected chi connectivity index (χ3v) is 18.0. The highest BCUT2D eigenvalue weighted by Gasteiger charge is 2.26. The number of hydrogen-bond donors (Lipinski definition) is 0. The number of fused-ring (bicyclic) bond motifs is 18. The fourth-order valence-electron chi connectivity index (χ4n) is 14.1. The minimum atomic E-state index is 0.589. The maximum absolute atomic E-state index is 6.76. The molecule has 0 fully saturated rings. The lowest BCUT2D eigenvalue weighted by Gasteiger charge is -2.14. The van der Waals surface area contributed by atoms with Gasteiger partial charge in [0.05, 0.1) is 55.5 Å². The number of furan rings is 1. The van der Waals surface area contributed by atoms with Gasteiger partial charge in [-0.15, -0.1) is 0 Å². The lowest BCUT2D eigenvalue weighted by Crippen LogP contribution is -2.04. The van der Waals surface area contributed by atoms with Gasteiger partial charge in [-0.3, -0.25) is 9.13 Å². The Balaban J connectivity index is 0.842. The summed E-state index contributed by atoms with van der Waals surface area (Å²) >= 11 is 0. The van der Waals surface area contributed by atoms with Crippen LogP contribution in [0, 0.1) is 0 Å². The van der Waals surface area contributed by atoms with Crippen LogP contribution in [0.5, 0.6) is 0 Å². The van der Waals surface area contributed by atoms with Crippen molar-refractivity contribution in [2.45, 2.75) is 0 Å². The van der Waals surface area contributed by atoms with Gasteiger partial charge in [-0.25, -0.2) is 19.9 Å². The van der Waals surface area contributed by atoms with Crippen LogP contribution >= 0.6 is 0 Å². The third-order valence-electron chi connectivity index (χ3n) is 18.0. The second-order valence-electron chi connectivity index (χ2n) is 22.9. The predicted octanol–water partition coefficient (Wildman–Crippen LogP) is 20.6. The van der Waals surface area contributed by atoms with Gasteiger partial charge in [0.1, 0.15) is 11.2 Å². The number of hydrogen-bond acceptors (Lipinski definition) is 5. The van der Waals surface area contributed by atoms with E-state index < -0.39 is 0 Å². The lowest BCUT2D eigenvalue weighted by molar-refractivity contribution is 0.673. The van der Waals surface area contributed by atoms with Crippen molar-refractivity contribution in [1.29, 1.82) is 0 Å². The van der Waals surface area contributed by atoms with Crippen molar-refractivity contribution in [1.82, 2.24) is 33.6 Å². The zero-order valence-corrected chi connectivity index (χ0v) is 47.2. The molecule has 0 radical (unpaired) electrons. The molecule has 19 rings (SSSR count). The monoisotopic (exact) mass is 1120 g/mol. The van der Waals surface area contributed by atoms with Gasteiger partial charge in [-0.1, -0.05) is 200 Å². The van der Waals surface area contributed by atoms with E-state index in [0.717, 1.165) is 154 Å². The summed E-state index contributed by atoms with van der Waals surface area (Å²) in [6.45, 7) is 0. The zero-order valence-electron chi connectivity index (χ0n) is 47.2. The summed E-state index contributed by atoms with van der Waals surface area (Å²) in [7, 11) is 0. The van der Waals surface area contributed by atoms with E-state index in [-0.39, 0.29) is 0 Å². The summed E-state index contributed by atoms with van der Waals surface area (Å²) in [5.74, 6) is 1.20. The van der Waals surface area contributed by atoms with Crippen LogP contribution in [0.1, 0.15) is 0 Å². The highest BCUT2D eigenvalue weighted by molar-refractivity contribution is 6.36. The van der Waals surface area contributed by atoms with E-state index >= 15 is 0 Å². The van der Waals surface area contributed by atoms with Crippen molar-refractivity contribution in [2.24, 2.45) is 0 Å². The van der Waals surface area contributed by atoms with Crippen LogP contribution < -0.4 is 0 Å². The van der Waals surface area contributed by atoms with E-state index in [0.29, 0.717) is 11.9 Å². The second-order valence-corrected chi connectivity index (χ2v) is 22.9. The average Bonchev–Trinajstić information content (AvgIpc) is 1.61. The molecular formula is C80H47N7O. The fraction of sp³-hybridized carbons (Fsp3) is 0. The first-order chi connectivity index (χ1) is 43.6. The van der Waals surface area contributed by atoms with Gasteiger partial charge < -0.3 is 8.98 Å². The van der Waals surface area contributed by atoms with Crippen molar-refractivity contribution >= 4 is 120 Å². The molecule has 0 aliphatic heterocycles. The molecule has 408 valence electrons. The SMILES string of the molecule is c1ccc(-c2nc(-n3c4ccc(-c5ccc6c(-c7ccccc7)nc(-n7c8ccccc8c8c9c%10ccccc%10oc9c9ccccc9c87)nc6c5)cc4c4cc(-c5ccc6c(c5)c5ccccc5n6-c5ccccc5)ccc43)nc3ccccc23)cc1.